The van der Waals surface area contributed by atoms with E-state index < -0.39 is 9.25 Å². The summed E-state index contributed by atoms with van der Waals surface area (Å²) in [5, 5.41) is -0.0330. The molecule has 3 nitrogen and oxygen atoms in total. The summed E-state index contributed by atoms with van der Waals surface area (Å²) >= 11 is 0. The highest BCUT2D eigenvalue weighted by Gasteiger charge is 2.30. The third-order valence-electron chi connectivity index (χ3n) is 2.11. The molecule has 0 bridgehead atoms. The van der Waals surface area contributed by atoms with Crippen molar-refractivity contribution in [2.75, 3.05) is 0 Å². The molecule has 0 fully saturated rings. The molecule has 0 aliphatic carbocycles. The van der Waals surface area contributed by atoms with Crippen LogP contribution in [0.1, 0.15) is 6.92 Å². The van der Waals surface area contributed by atoms with E-state index in [4.69, 9.17) is 0 Å². The van der Waals surface area contributed by atoms with Gasteiger partial charge < -0.3 is 0 Å². The van der Waals surface area contributed by atoms with Crippen LogP contribution in [-0.2, 0) is 4.79 Å². The molecule has 1 aliphatic heterocycles. The lowest BCUT2D eigenvalue weighted by atomic mass is 10.4. The molecular formula is C12H12N2OS2. The van der Waals surface area contributed by atoms with Crippen molar-refractivity contribution in [1.82, 2.24) is 0 Å². The van der Waals surface area contributed by atoms with Gasteiger partial charge in [0.25, 0.3) is 0 Å². The predicted octanol–water partition coefficient (Wildman–Crippen LogP) is 3.59. The highest BCUT2D eigenvalue weighted by atomic mass is 33.2. The Hall–Kier alpha value is -1.33. The Morgan fingerprint density at radius 3 is 2.59 bits per heavy atom. The molecule has 88 valence electrons. The van der Waals surface area contributed by atoms with Crippen molar-refractivity contribution in [3.8, 4) is 0 Å². The van der Waals surface area contributed by atoms with Gasteiger partial charge in [-0.25, -0.2) is 9.39 Å². The first-order valence-corrected chi connectivity index (χ1v) is 7.97. The standard InChI is InChI=1S/C12H12N2OS2/c1-10(2)12(15)16-17(9-13-8-14-17)11-6-4-3-5-7-11/h3-9H,1H2,2H3. The summed E-state index contributed by atoms with van der Waals surface area (Å²) < 4.78 is 4.40. The summed E-state index contributed by atoms with van der Waals surface area (Å²) in [6, 6.07) is 9.78. The number of carbonyl (C=O) groups excluding carboxylic acids is 1. The average Bonchev–Trinajstić information content (AvgIpc) is 2.80. The van der Waals surface area contributed by atoms with E-state index in [0.717, 1.165) is 4.90 Å². The summed E-state index contributed by atoms with van der Waals surface area (Å²) in [5.41, 5.74) is 2.31. The molecule has 0 N–H and O–H groups in total. The van der Waals surface area contributed by atoms with Gasteiger partial charge in [0, 0.05) is 4.90 Å². The fraction of sp³-hybridized carbons (Fsp3) is 0.0833. The van der Waals surface area contributed by atoms with E-state index in [0.29, 0.717) is 5.57 Å². The quantitative estimate of drug-likeness (QED) is 0.618. The average molecular weight is 264 g/mol. The van der Waals surface area contributed by atoms with Gasteiger partial charge in [-0.2, -0.15) is 0 Å². The fourth-order valence-electron chi connectivity index (χ4n) is 1.25. The second-order valence-electron chi connectivity index (χ2n) is 3.51. The highest BCUT2D eigenvalue weighted by molar-refractivity contribution is 9.02. The topological polar surface area (TPSA) is 41.8 Å². The number of benzene rings is 1. The molecule has 1 aromatic rings. The maximum absolute atomic E-state index is 11.8. The maximum atomic E-state index is 11.8. The Labute approximate surface area is 106 Å². The zero-order valence-electron chi connectivity index (χ0n) is 9.37. The van der Waals surface area contributed by atoms with Gasteiger partial charge in [-0.05, 0) is 44.7 Å². The van der Waals surface area contributed by atoms with Crippen molar-refractivity contribution in [2.24, 2.45) is 9.39 Å². The van der Waals surface area contributed by atoms with E-state index in [1.807, 2.05) is 30.3 Å². The van der Waals surface area contributed by atoms with Gasteiger partial charge in [0.2, 0.25) is 5.12 Å². The minimum Gasteiger partial charge on any atom is -0.281 e. The van der Waals surface area contributed by atoms with Gasteiger partial charge in [-0.1, -0.05) is 24.8 Å². The van der Waals surface area contributed by atoms with Crippen LogP contribution in [0.15, 0.2) is 56.8 Å². The predicted molar refractivity (Wildman–Crippen MR) is 76.7 cm³/mol. The summed E-state index contributed by atoms with van der Waals surface area (Å²) in [6.07, 6.45) is 1.51. The van der Waals surface area contributed by atoms with Crippen molar-refractivity contribution in [1.29, 1.82) is 0 Å². The van der Waals surface area contributed by atoms with Crippen molar-refractivity contribution < 1.29 is 4.79 Å². The van der Waals surface area contributed by atoms with Crippen LogP contribution in [-0.4, -0.2) is 17.0 Å². The second-order valence-corrected chi connectivity index (χ2v) is 8.10. The number of hydrogen-bond acceptors (Lipinski definition) is 4. The van der Waals surface area contributed by atoms with Gasteiger partial charge in [0.1, 0.15) is 6.34 Å². The monoisotopic (exact) mass is 264 g/mol. The molecule has 0 saturated heterocycles. The van der Waals surface area contributed by atoms with Gasteiger partial charge in [0.05, 0.1) is 5.55 Å². The molecule has 0 saturated carbocycles. The Balaban J connectivity index is 2.35. The van der Waals surface area contributed by atoms with Crippen LogP contribution in [0.5, 0.6) is 0 Å². The molecule has 17 heavy (non-hydrogen) atoms. The van der Waals surface area contributed by atoms with E-state index in [1.165, 1.54) is 17.1 Å². The molecule has 1 aliphatic rings. The first kappa shape index (κ1) is 12.1. The number of aliphatic imine (C=N–C) groups is 1. The third-order valence-corrected chi connectivity index (χ3v) is 6.93. The Morgan fingerprint density at radius 2 is 2.06 bits per heavy atom. The number of hydrogen-bond donors (Lipinski definition) is 0. The lowest BCUT2D eigenvalue weighted by Gasteiger charge is -2.26. The van der Waals surface area contributed by atoms with Crippen LogP contribution < -0.4 is 0 Å². The molecular weight excluding hydrogens is 252 g/mol. The molecule has 1 aromatic carbocycles. The molecule has 5 heteroatoms. The van der Waals surface area contributed by atoms with Gasteiger partial charge in [0.15, 0.2) is 0 Å². The Morgan fingerprint density at radius 1 is 1.35 bits per heavy atom. The van der Waals surface area contributed by atoms with Gasteiger partial charge in [-0.3, -0.25) is 4.79 Å². The summed E-state index contributed by atoms with van der Waals surface area (Å²) in [5.74, 6) is 0. The van der Waals surface area contributed by atoms with Crippen LogP contribution in [0.4, 0.5) is 0 Å². The molecule has 0 spiro atoms. The van der Waals surface area contributed by atoms with Crippen molar-refractivity contribution in [3.05, 3.63) is 42.5 Å². The molecule has 1 atom stereocenters. The van der Waals surface area contributed by atoms with Crippen molar-refractivity contribution in [2.45, 2.75) is 11.8 Å². The SMILES string of the molecule is C=C(C)C(=O)SS1(c2ccccc2)C=NC=N1. The summed E-state index contributed by atoms with van der Waals surface area (Å²) in [4.78, 5) is 16.9. The maximum Gasteiger partial charge on any atom is 0.225 e. The van der Waals surface area contributed by atoms with Gasteiger partial charge in [-0.15, -0.1) is 0 Å². The highest BCUT2D eigenvalue weighted by Crippen LogP contribution is 2.67. The largest absolute Gasteiger partial charge is 0.281 e. The second kappa shape index (κ2) is 4.89. The van der Waals surface area contributed by atoms with Crippen LogP contribution in [0, 0.1) is 0 Å². The van der Waals surface area contributed by atoms with Crippen molar-refractivity contribution in [3.63, 3.8) is 0 Å². The number of nitrogens with zero attached hydrogens (tertiary/aromatic N) is 2. The van der Waals surface area contributed by atoms with Crippen molar-refractivity contribution >= 4 is 37.0 Å². The lowest BCUT2D eigenvalue weighted by molar-refractivity contribution is -0.107. The fourth-order valence-corrected chi connectivity index (χ4v) is 5.33. The van der Waals surface area contributed by atoms with E-state index in [9.17, 15) is 4.79 Å². The molecule has 1 unspecified atom stereocenters. The smallest absolute Gasteiger partial charge is 0.225 e. The normalized spacial score (nSPS) is 25.5. The van der Waals surface area contributed by atoms with E-state index in [1.54, 1.807) is 12.5 Å². The Kier molecular flexibility index (Phi) is 3.49. The minimum atomic E-state index is -1.70. The molecule has 2 rings (SSSR count). The van der Waals surface area contributed by atoms with E-state index in [-0.39, 0.29) is 5.12 Å². The van der Waals surface area contributed by atoms with E-state index >= 15 is 0 Å². The van der Waals surface area contributed by atoms with Crippen LogP contribution in [0.3, 0.4) is 0 Å². The lowest BCUT2D eigenvalue weighted by Crippen LogP contribution is -1.99. The molecule has 1 heterocycles. The van der Waals surface area contributed by atoms with E-state index in [2.05, 4.69) is 16.0 Å². The first-order chi connectivity index (χ1) is 8.14. The minimum absolute atomic E-state index is 0.0330. The molecule has 0 amide bonds. The zero-order valence-corrected chi connectivity index (χ0v) is 11.0. The summed E-state index contributed by atoms with van der Waals surface area (Å²) in [6.45, 7) is 5.38. The third kappa shape index (κ3) is 2.50. The number of carbonyl (C=O) groups is 1. The van der Waals surface area contributed by atoms with Gasteiger partial charge >= 0.3 is 0 Å². The number of rotatable bonds is 3. The Bertz CT molecular complexity index is 496. The van der Waals surface area contributed by atoms with Crippen LogP contribution >= 0.6 is 20.0 Å². The van der Waals surface area contributed by atoms with Crippen LogP contribution in [0.25, 0.3) is 0 Å². The summed E-state index contributed by atoms with van der Waals surface area (Å²) in [7, 11) is -0.487. The van der Waals surface area contributed by atoms with Crippen LogP contribution in [0.2, 0.25) is 0 Å². The molecule has 0 radical (unpaired) electrons. The molecule has 0 aromatic heterocycles. The zero-order chi connectivity index (χ0) is 12.3. The first-order valence-electron chi connectivity index (χ1n) is 4.99.